The highest BCUT2D eigenvalue weighted by molar-refractivity contribution is 9.10. The monoisotopic (exact) mass is 532 g/mol. The van der Waals surface area contributed by atoms with Gasteiger partial charge in [-0.05, 0) is 56.8 Å². The van der Waals surface area contributed by atoms with Gasteiger partial charge in [-0.1, -0.05) is 121 Å². The number of hydrogen-bond acceptors (Lipinski definition) is 1. The fraction of sp³-hybridized carbons (Fsp3) is 0.152. The van der Waals surface area contributed by atoms with Gasteiger partial charge in [0.05, 0.1) is 0 Å². The first-order valence-corrected chi connectivity index (χ1v) is 13.8. The van der Waals surface area contributed by atoms with E-state index >= 15 is 0 Å². The minimum Gasteiger partial charge on any atom is -0.134 e. The molecule has 2 aliphatic rings. The maximum absolute atomic E-state index is 3.65. The van der Waals surface area contributed by atoms with Gasteiger partial charge >= 0.3 is 0 Å². The number of fused-ring (bicyclic) bond motifs is 6. The van der Waals surface area contributed by atoms with Gasteiger partial charge in [0.25, 0.3) is 0 Å². The summed E-state index contributed by atoms with van der Waals surface area (Å²) >= 11 is 5.58. The Hall–Kier alpha value is -2.94. The van der Waals surface area contributed by atoms with E-state index in [1.54, 1.807) is 0 Å². The molecular weight excluding hydrogens is 508 g/mol. The van der Waals surface area contributed by atoms with Crippen molar-refractivity contribution in [3.63, 3.8) is 0 Å². The van der Waals surface area contributed by atoms with Crippen molar-refractivity contribution in [2.45, 2.75) is 25.2 Å². The first kappa shape index (κ1) is 21.4. The molecule has 4 aromatic carbocycles. The van der Waals surface area contributed by atoms with Gasteiger partial charge in [-0.25, -0.2) is 0 Å². The van der Waals surface area contributed by atoms with E-state index in [0.29, 0.717) is 11.8 Å². The summed E-state index contributed by atoms with van der Waals surface area (Å²) in [5.74, 6) is 1.03. The molecule has 5 aromatic rings. The van der Waals surface area contributed by atoms with Crippen LogP contribution in [-0.4, -0.2) is 0 Å². The Morgan fingerprint density at radius 1 is 0.714 bits per heavy atom. The van der Waals surface area contributed by atoms with Crippen molar-refractivity contribution in [2.24, 2.45) is 5.92 Å². The van der Waals surface area contributed by atoms with Gasteiger partial charge in [-0.3, -0.25) is 0 Å². The van der Waals surface area contributed by atoms with Crippen LogP contribution in [0.4, 0.5) is 0 Å². The number of hydrogen-bond donors (Lipinski definition) is 0. The van der Waals surface area contributed by atoms with Crippen molar-refractivity contribution >= 4 is 47.4 Å². The van der Waals surface area contributed by atoms with Gasteiger partial charge < -0.3 is 0 Å². The molecule has 0 fully saturated rings. The summed E-state index contributed by atoms with van der Waals surface area (Å²) in [7, 11) is 0. The van der Waals surface area contributed by atoms with Gasteiger partial charge in [0, 0.05) is 30.6 Å². The number of rotatable bonds is 2. The van der Waals surface area contributed by atoms with E-state index in [0.717, 1.165) is 4.47 Å². The van der Waals surface area contributed by atoms with Crippen LogP contribution in [0, 0.1) is 5.92 Å². The van der Waals surface area contributed by atoms with E-state index in [4.69, 9.17) is 0 Å². The predicted molar refractivity (Wildman–Crippen MR) is 155 cm³/mol. The van der Waals surface area contributed by atoms with E-state index in [9.17, 15) is 0 Å². The molecular formula is C33H25BrS. The molecule has 2 heteroatoms. The van der Waals surface area contributed by atoms with E-state index in [1.165, 1.54) is 53.6 Å². The molecule has 1 heterocycles. The van der Waals surface area contributed by atoms with Crippen molar-refractivity contribution in [1.82, 2.24) is 0 Å². The highest BCUT2D eigenvalue weighted by atomic mass is 79.9. The molecule has 170 valence electrons. The Bertz CT molecular complexity index is 1700. The normalized spacial score (nSPS) is 19.9. The molecule has 2 atom stereocenters. The van der Waals surface area contributed by atoms with Gasteiger partial charge in [0.2, 0.25) is 0 Å². The molecule has 0 bridgehead atoms. The lowest BCUT2D eigenvalue weighted by molar-refractivity contribution is 0.394. The quantitative estimate of drug-likeness (QED) is 0.212. The molecule has 2 unspecified atom stereocenters. The molecule has 7 rings (SSSR count). The van der Waals surface area contributed by atoms with Gasteiger partial charge in [-0.2, -0.15) is 0 Å². The lowest BCUT2D eigenvalue weighted by atomic mass is 9.74. The van der Waals surface area contributed by atoms with E-state index in [1.807, 2.05) is 11.3 Å². The third-order valence-corrected chi connectivity index (χ3v) is 9.83. The van der Waals surface area contributed by atoms with Crippen LogP contribution >= 0.6 is 27.3 Å². The van der Waals surface area contributed by atoms with Crippen LogP contribution in [0.15, 0.2) is 108 Å². The van der Waals surface area contributed by atoms with E-state index < -0.39 is 0 Å². The summed E-state index contributed by atoms with van der Waals surface area (Å²) in [5, 5.41) is 2.69. The predicted octanol–water partition coefficient (Wildman–Crippen LogP) is 10.3. The zero-order chi connectivity index (χ0) is 23.7. The summed E-state index contributed by atoms with van der Waals surface area (Å²) < 4.78 is 3.84. The zero-order valence-electron chi connectivity index (χ0n) is 19.8. The summed E-state index contributed by atoms with van der Waals surface area (Å²) in [6, 6.07) is 29.3. The third kappa shape index (κ3) is 3.16. The van der Waals surface area contributed by atoms with Crippen LogP contribution in [0.5, 0.6) is 0 Å². The number of thiophene rings is 1. The highest BCUT2D eigenvalue weighted by Gasteiger charge is 2.44. The Morgan fingerprint density at radius 2 is 1.37 bits per heavy atom. The molecule has 0 radical (unpaired) electrons. The molecule has 0 nitrogen and oxygen atoms in total. The average molecular weight is 534 g/mol. The molecule has 0 spiro atoms. The van der Waals surface area contributed by atoms with Crippen LogP contribution in [-0.2, 0) is 5.41 Å². The molecule has 0 saturated carbocycles. The summed E-state index contributed by atoms with van der Waals surface area (Å²) in [5.41, 5.74) is 8.32. The lowest BCUT2D eigenvalue weighted by Gasteiger charge is -2.29. The Morgan fingerprint density at radius 3 is 2.09 bits per heavy atom. The fourth-order valence-corrected chi connectivity index (χ4v) is 8.05. The molecule has 0 amide bonds. The van der Waals surface area contributed by atoms with Crippen molar-refractivity contribution < 1.29 is 0 Å². The number of benzene rings is 4. The summed E-state index contributed by atoms with van der Waals surface area (Å²) in [6.07, 6.45) is 9.21. The average Bonchev–Trinajstić information content (AvgIpc) is 3.37. The molecule has 35 heavy (non-hydrogen) atoms. The summed E-state index contributed by atoms with van der Waals surface area (Å²) in [6.45, 7) is 4.82. The largest absolute Gasteiger partial charge is 0.134 e. The second-order valence-electron chi connectivity index (χ2n) is 10.3. The standard InChI is InChI=1S/C33H25BrS/c1-33(2)29-15-4-3-10-25(29)26-17-16-21(19-30(26)33)24-12-7-14-28-27-13-6-11-23(31(27)35-32(24)28)20-8-5-9-22(34)18-20/h3-19,25,29H,1-2H3. The highest BCUT2D eigenvalue weighted by Crippen LogP contribution is 2.54. The van der Waals surface area contributed by atoms with Crippen LogP contribution in [0.25, 0.3) is 42.4 Å². The molecule has 2 aliphatic carbocycles. The number of allylic oxidation sites excluding steroid dienone is 4. The van der Waals surface area contributed by atoms with Crippen molar-refractivity contribution in [1.29, 1.82) is 0 Å². The smallest absolute Gasteiger partial charge is 0.0434 e. The first-order chi connectivity index (χ1) is 17.0. The van der Waals surface area contributed by atoms with E-state index in [2.05, 4.69) is 133 Å². The minimum atomic E-state index is 0.124. The number of halogens is 1. The lowest BCUT2D eigenvalue weighted by Crippen LogP contribution is -2.24. The first-order valence-electron chi connectivity index (χ1n) is 12.2. The Balaban J connectivity index is 1.43. The van der Waals surface area contributed by atoms with Crippen LogP contribution < -0.4 is 0 Å². The molecule has 0 saturated heterocycles. The maximum atomic E-state index is 3.65. The Labute approximate surface area is 218 Å². The Kier molecular flexibility index (Phi) is 4.75. The minimum absolute atomic E-state index is 0.124. The maximum Gasteiger partial charge on any atom is 0.0434 e. The second-order valence-corrected chi connectivity index (χ2v) is 12.3. The van der Waals surface area contributed by atoms with Crippen LogP contribution in [0.3, 0.4) is 0 Å². The SMILES string of the molecule is CC1(C)c2cc(-c3cccc4c3sc3c(-c5cccc(Br)c5)cccc34)ccc2C2C=CC=CC21. The van der Waals surface area contributed by atoms with Crippen LogP contribution in [0.1, 0.15) is 30.9 Å². The molecule has 0 N–H and O–H groups in total. The molecule has 0 aliphatic heterocycles. The summed E-state index contributed by atoms with van der Waals surface area (Å²) in [4.78, 5) is 0. The van der Waals surface area contributed by atoms with Gasteiger partial charge in [0.15, 0.2) is 0 Å². The fourth-order valence-electron chi connectivity index (χ4n) is 6.28. The molecule has 1 aromatic heterocycles. The van der Waals surface area contributed by atoms with Gasteiger partial charge in [0.1, 0.15) is 0 Å². The third-order valence-electron chi connectivity index (χ3n) is 8.05. The zero-order valence-corrected chi connectivity index (χ0v) is 22.2. The topological polar surface area (TPSA) is 0 Å². The van der Waals surface area contributed by atoms with Gasteiger partial charge in [-0.15, -0.1) is 11.3 Å². The van der Waals surface area contributed by atoms with Crippen molar-refractivity contribution in [3.05, 3.63) is 119 Å². The van der Waals surface area contributed by atoms with Crippen molar-refractivity contribution in [3.8, 4) is 22.3 Å². The van der Waals surface area contributed by atoms with E-state index in [-0.39, 0.29) is 5.41 Å². The van der Waals surface area contributed by atoms with Crippen LogP contribution in [0.2, 0.25) is 0 Å². The van der Waals surface area contributed by atoms with Crippen molar-refractivity contribution in [2.75, 3.05) is 0 Å². The second kappa shape index (κ2) is 7.78.